The molecule has 6 nitrogen and oxygen atoms in total. The molecule has 1 aliphatic heterocycles. The molecule has 1 saturated heterocycles. The Kier molecular flexibility index (Phi) is 7.89. The van der Waals surface area contributed by atoms with Crippen molar-refractivity contribution in [3.05, 3.63) is 15.8 Å². The van der Waals surface area contributed by atoms with Crippen LogP contribution in [0.15, 0.2) is 6.07 Å². The predicted molar refractivity (Wildman–Crippen MR) is 131 cm³/mol. The van der Waals surface area contributed by atoms with Crippen molar-refractivity contribution in [2.24, 2.45) is 17.3 Å². The Bertz CT molecular complexity index is 957. The highest BCUT2D eigenvalue weighted by molar-refractivity contribution is 7.15. The number of carbonyl (C=O) groups is 3. The van der Waals surface area contributed by atoms with Crippen LogP contribution in [0, 0.1) is 29.1 Å². The molecule has 7 heteroatoms. The first kappa shape index (κ1) is 25.3. The van der Waals surface area contributed by atoms with E-state index in [0.29, 0.717) is 40.9 Å². The number of carbonyl (C=O) groups excluding carboxylic acids is 3. The van der Waals surface area contributed by atoms with Gasteiger partial charge in [-0.3, -0.25) is 14.5 Å². The maximum absolute atomic E-state index is 13.9. The summed E-state index contributed by atoms with van der Waals surface area (Å²) in [6, 6.07) is 1.19. The van der Waals surface area contributed by atoms with Crippen LogP contribution >= 0.6 is 11.3 Å². The summed E-state index contributed by atoms with van der Waals surface area (Å²) in [6.07, 6.45) is 4.17. The SMILES string of the molecule is CCN1CC[C@H](N(C(=O)C2CCC(C)CC2)c2cc(C#CC(C)(C)C)sc2C(=O)OC)C1=O. The topological polar surface area (TPSA) is 66.9 Å². The molecule has 0 unspecified atom stereocenters. The Labute approximate surface area is 201 Å². The van der Waals surface area contributed by atoms with E-state index in [1.54, 1.807) is 15.9 Å². The number of nitrogens with zero attached hydrogens (tertiary/aromatic N) is 2. The first-order chi connectivity index (χ1) is 15.6. The molecule has 180 valence electrons. The monoisotopic (exact) mass is 472 g/mol. The maximum Gasteiger partial charge on any atom is 0.350 e. The molecule has 0 aromatic carbocycles. The first-order valence-corrected chi connectivity index (χ1v) is 12.7. The lowest BCUT2D eigenvalue weighted by atomic mass is 9.82. The van der Waals surface area contributed by atoms with Gasteiger partial charge in [0.25, 0.3) is 0 Å². The summed E-state index contributed by atoms with van der Waals surface area (Å²) >= 11 is 1.23. The third-order valence-electron chi connectivity index (χ3n) is 6.47. The quantitative estimate of drug-likeness (QED) is 0.460. The van der Waals surface area contributed by atoms with E-state index in [2.05, 4.69) is 18.8 Å². The lowest BCUT2D eigenvalue weighted by molar-refractivity contribution is -0.132. The summed E-state index contributed by atoms with van der Waals surface area (Å²) in [5, 5.41) is 0. The molecule has 0 N–H and O–H groups in total. The van der Waals surface area contributed by atoms with Crippen molar-refractivity contribution in [2.45, 2.75) is 72.8 Å². The molecule has 3 rings (SSSR count). The van der Waals surface area contributed by atoms with Crippen LogP contribution in [0.1, 0.15) is 81.3 Å². The number of likely N-dealkylation sites (N-methyl/N-ethyl adjacent to an activating group) is 1. The summed E-state index contributed by atoms with van der Waals surface area (Å²) in [6.45, 7) is 11.4. The molecule has 1 atom stereocenters. The molecule has 33 heavy (non-hydrogen) atoms. The fourth-order valence-corrected chi connectivity index (χ4v) is 5.45. The van der Waals surface area contributed by atoms with Gasteiger partial charge in [0.1, 0.15) is 10.9 Å². The van der Waals surface area contributed by atoms with Crippen LogP contribution in [0.3, 0.4) is 0 Å². The van der Waals surface area contributed by atoms with Gasteiger partial charge in [-0.25, -0.2) is 4.79 Å². The third-order valence-corrected chi connectivity index (χ3v) is 7.49. The molecule has 0 bridgehead atoms. The Morgan fingerprint density at radius 3 is 2.42 bits per heavy atom. The van der Waals surface area contributed by atoms with Gasteiger partial charge in [0.05, 0.1) is 17.7 Å². The number of hydrogen-bond acceptors (Lipinski definition) is 5. The summed E-state index contributed by atoms with van der Waals surface area (Å²) in [5.74, 6) is 6.20. The smallest absolute Gasteiger partial charge is 0.350 e. The average molecular weight is 473 g/mol. The fraction of sp³-hybridized carbons (Fsp3) is 0.654. The van der Waals surface area contributed by atoms with E-state index in [1.165, 1.54) is 18.4 Å². The Hall–Kier alpha value is -2.33. The zero-order chi connectivity index (χ0) is 24.3. The van der Waals surface area contributed by atoms with Gasteiger partial charge in [-0.05, 0) is 71.8 Å². The zero-order valence-corrected chi connectivity index (χ0v) is 21.5. The van der Waals surface area contributed by atoms with Gasteiger partial charge in [-0.15, -0.1) is 11.3 Å². The van der Waals surface area contributed by atoms with Crippen LogP contribution in [-0.2, 0) is 14.3 Å². The highest BCUT2D eigenvalue weighted by atomic mass is 32.1. The molecule has 1 aromatic rings. The van der Waals surface area contributed by atoms with E-state index < -0.39 is 12.0 Å². The van der Waals surface area contributed by atoms with E-state index in [-0.39, 0.29) is 23.1 Å². The van der Waals surface area contributed by atoms with Gasteiger partial charge < -0.3 is 9.64 Å². The number of anilines is 1. The molecular formula is C26H36N2O4S. The summed E-state index contributed by atoms with van der Waals surface area (Å²) in [7, 11) is 1.33. The van der Waals surface area contributed by atoms with Crippen molar-refractivity contribution in [1.29, 1.82) is 0 Å². The lowest BCUT2D eigenvalue weighted by Gasteiger charge is -2.34. The molecule has 2 heterocycles. The molecule has 1 aliphatic carbocycles. The van der Waals surface area contributed by atoms with Gasteiger partial charge in [0, 0.05) is 24.4 Å². The lowest BCUT2D eigenvalue weighted by Crippen LogP contribution is -2.48. The number of rotatable bonds is 5. The van der Waals surface area contributed by atoms with Crippen LogP contribution in [-0.4, -0.2) is 48.9 Å². The molecular weight excluding hydrogens is 436 g/mol. The molecule has 1 saturated carbocycles. The second kappa shape index (κ2) is 10.3. The minimum absolute atomic E-state index is 0.0561. The largest absolute Gasteiger partial charge is 0.465 e. The zero-order valence-electron chi connectivity index (χ0n) is 20.7. The van der Waals surface area contributed by atoms with Crippen molar-refractivity contribution >= 4 is 34.8 Å². The third kappa shape index (κ3) is 5.78. The number of hydrogen-bond donors (Lipinski definition) is 0. The van der Waals surface area contributed by atoms with Crippen molar-refractivity contribution < 1.29 is 19.1 Å². The second-order valence-electron chi connectivity index (χ2n) is 10.2. The standard InChI is InChI=1S/C26H36N2O4S/c1-7-27-15-13-20(24(27)30)28(23(29)18-10-8-17(2)9-11-18)21-16-19(12-14-26(3,4)5)33-22(21)25(31)32-6/h16-18,20H,7-11,13,15H2,1-6H3/t17?,18?,20-/m0/s1. The van der Waals surface area contributed by atoms with E-state index >= 15 is 0 Å². The van der Waals surface area contributed by atoms with E-state index in [4.69, 9.17) is 4.74 Å². The Balaban J connectivity index is 2.08. The number of ether oxygens (including phenoxy) is 1. The Morgan fingerprint density at radius 2 is 1.88 bits per heavy atom. The van der Waals surface area contributed by atoms with Gasteiger partial charge in [0.2, 0.25) is 11.8 Å². The number of esters is 1. The molecule has 1 aromatic heterocycles. The van der Waals surface area contributed by atoms with Gasteiger partial charge >= 0.3 is 5.97 Å². The second-order valence-corrected chi connectivity index (χ2v) is 11.3. The van der Waals surface area contributed by atoms with Gasteiger partial charge in [0.15, 0.2) is 0 Å². The van der Waals surface area contributed by atoms with Crippen molar-refractivity contribution in [3.63, 3.8) is 0 Å². The van der Waals surface area contributed by atoms with Crippen LogP contribution in [0.4, 0.5) is 5.69 Å². The van der Waals surface area contributed by atoms with Crippen LogP contribution in [0.2, 0.25) is 0 Å². The maximum atomic E-state index is 13.9. The van der Waals surface area contributed by atoms with Gasteiger partial charge in [-0.1, -0.05) is 18.8 Å². The average Bonchev–Trinajstić information content (AvgIpc) is 3.36. The summed E-state index contributed by atoms with van der Waals surface area (Å²) < 4.78 is 5.05. The highest BCUT2D eigenvalue weighted by Crippen LogP contribution is 2.38. The van der Waals surface area contributed by atoms with Crippen molar-refractivity contribution in [1.82, 2.24) is 4.90 Å². The highest BCUT2D eigenvalue weighted by Gasteiger charge is 2.42. The van der Waals surface area contributed by atoms with Crippen molar-refractivity contribution in [2.75, 3.05) is 25.1 Å². The van der Waals surface area contributed by atoms with Gasteiger partial charge in [-0.2, -0.15) is 0 Å². The van der Waals surface area contributed by atoms with Crippen LogP contribution < -0.4 is 4.90 Å². The summed E-state index contributed by atoms with van der Waals surface area (Å²) in [4.78, 5) is 44.2. The van der Waals surface area contributed by atoms with E-state index in [1.807, 2.05) is 27.7 Å². The summed E-state index contributed by atoms with van der Waals surface area (Å²) in [5.41, 5.74) is 0.261. The fourth-order valence-electron chi connectivity index (χ4n) is 4.53. The number of thiophene rings is 1. The number of likely N-dealkylation sites (tertiary alicyclic amines) is 1. The van der Waals surface area contributed by atoms with Crippen LogP contribution in [0.25, 0.3) is 0 Å². The number of methoxy groups -OCH3 is 1. The van der Waals surface area contributed by atoms with E-state index in [9.17, 15) is 14.4 Å². The van der Waals surface area contributed by atoms with Crippen molar-refractivity contribution in [3.8, 4) is 11.8 Å². The minimum Gasteiger partial charge on any atom is -0.465 e. The molecule has 2 fully saturated rings. The first-order valence-electron chi connectivity index (χ1n) is 11.9. The minimum atomic E-state index is -0.599. The van der Waals surface area contributed by atoms with Crippen LogP contribution in [0.5, 0.6) is 0 Å². The molecule has 2 amide bonds. The number of amides is 2. The molecule has 0 spiro atoms. The van der Waals surface area contributed by atoms with E-state index in [0.717, 1.165) is 25.7 Å². The normalized spacial score (nSPS) is 23.2. The Morgan fingerprint density at radius 1 is 1.21 bits per heavy atom. The molecule has 2 aliphatic rings. The molecule has 0 radical (unpaired) electrons. The predicted octanol–water partition coefficient (Wildman–Crippen LogP) is 4.71.